The fraction of sp³-hybridized carbons (Fsp3) is 0.333. The summed E-state index contributed by atoms with van der Waals surface area (Å²) in [4.78, 5) is 0. The van der Waals surface area contributed by atoms with Crippen molar-refractivity contribution in [3.63, 3.8) is 0 Å². The molecule has 17 heavy (non-hydrogen) atoms. The molecule has 2 rings (SSSR count). The smallest absolute Gasteiger partial charge is 0.153 e. The lowest BCUT2D eigenvalue weighted by Crippen LogP contribution is -2.17. The first-order valence-electron chi connectivity index (χ1n) is 5.44. The SMILES string of the molecule is Cc1cccc(CC(N)c2c(Br)nnn2C)c1. The average Bonchev–Trinajstić information content (AvgIpc) is 2.58. The normalized spacial score (nSPS) is 12.7. The van der Waals surface area contributed by atoms with Gasteiger partial charge >= 0.3 is 0 Å². The Morgan fingerprint density at radius 2 is 2.24 bits per heavy atom. The summed E-state index contributed by atoms with van der Waals surface area (Å²) in [6.07, 6.45) is 0.779. The third-order valence-corrected chi connectivity index (χ3v) is 3.28. The van der Waals surface area contributed by atoms with Crippen molar-refractivity contribution >= 4 is 15.9 Å². The van der Waals surface area contributed by atoms with Crippen LogP contribution in [0.2, 0.25) is 0 Å². The Labute approximate surface area is 109 Å². The van der Waals surface area contributed by atoms with Crippen LogP contribution in [0.15, 0.2) is 28.9 Å². The van der Waals surface area contributed by atoms with Crippen LogP contribution in [-0.2, 0) is 13.5 Å². The number of halogens is 1. The van der Waals surface area contributed by atoms with Gasteiger partial charge in [0.15, 0.2) is 4.60 Å². The van der Waals surface area contributed by atoms with Gasteiger partial charge in [0.2, 0.25) is 0 Å². The predicted octanol–water partition coefficient (Wildman–Crippen LogP) is 2.13. The largest absolute Gasteiger partial charge is 0.322 e. The molecule has 1 aromatic carbocycles. The van der Waals surface area contributed by atoms with E-state index in [0.717, 1.165) is 16.7 Å². The number of aromatic nitrogens is 3. The standard InChI is InChI=1S/C12H15BrN4/c1-8-4-3-5-9(6-8)7-10(14)11-12(13)15-16-17(11)2/h3-6,10H,7,14H2,1-2H3. The van der Waals surface area contributed by atoms with E-state index in [0.29, 0.717) is 0 Å². The number of hydrogen-bond donors (Lipinski definition) is 1. The molecule has 0 aliphatic rings. The minimum atomic E-state index is -0.105. The van der Waals surface area contributed by atoms with Crippen LogP contribution in [0.1, 0.15) is 22.9 Å². The van der Waals surface area contributed by atoms with Gasteiger partial charge in [-0.1, -0.05) is 35.0 Å². The number of benzene rings is 1. The maximum atomic E-state index is 6.19. The van der Waals surface area contributed by atoms with E-state index in [1.807, 2.05) is 13.1 Å². The minimum Gasteiger partial charge on any atom is -0.322 e. The van der Waals surface area contributed by atoms with Gasteiger partial charge in [-0.3, -0.25) is 0 Å². The van der Waals surface area contributed by atoms with E-state index in [-0.39, 0.29) is 6.04 Å². The minimum absolute atomic E-state index is 0.105. The Morgan fingerprint density at radius 3 is 2.82 bits per heavy atom. The molecule has 5 heteroatoms. The van der Waals surface area contributed by atoms with Crippen molar-refractivity contribution in [1.82, 2.24) is 15.0 Å². The van der Waals surface area contributed by atoms with Crippen LogP contribution in [0.3, 0.4) is 0 Å². The molecule has 1 heterocycles. The van der Waals surface area contributed by atoms with Crippen molar-refractivity contribution in [1.29, 1.82) is 0 Å². The molecule has 1 atom stereocenters. The zero-order valence-corrected chi connectivity index (χ0v) is 11.5. The molecule has 2 N–H and O–H groups in total. The van der Waals surface area contributed by atoms with Gasteiger partial charge in [-0.2, -0.15) is 0 Å². The maximum Gasteiger partial charge on any atom is 0.153 e. The monoisotopic (exact) mass is 294 g/mol. The van der Waals surface area contributed by atoms with Gasteiger partial charge in [-0.25, -0.2) is 4.68 Å². The van der Waals surface area contributed by atoms with Gasteiger partial charge in [-0.15, -0.1) is 5.10 Å². The van der Waals surface area contributed by atoms with E-state index in [9.17, 15) is 0 Å². The van der Waals surface area contributed by atoms with Crippen LogP contribution < -0.4 is 5.73 Å². The lowest BCUT2D eigenvalue weighted by Gasteiger charge is -2.12. The molecular weight excluding hydrogens is 280 g/mol. The summed E-state index contributed by atoms with van der Waals surface area (Å²) in [5, 5.41) is 7.88. The van der Waals surface area contributed by atoms with Crippen molar-refractivity contribution in [3.05, 3.63) is 45.7 Å². The van der Waals surface area contributed by atoms with E-state index in [2.05, 4.69) is 51.4 Å². The highest BCUT2D eigenvalue weighted by molar-refractivity contribution is 9.10. The van der Waals surface area contributed by atoms with E-state index in [1.165, 1.54) is 11.1 Å². The molecule has 0 saturated carbocycles. The molecule has 4 nitrogen and oxygen atoms in total. The zero-order chi connectivity index (χ0) is 12.4. The van der Waals surface area contributed by atoms with Crippen LogP contribution in [0.4, 0.5) is 0 Å². The summed E-state index contributed by atoms with van der Waals surface area (Å²) in [5.41, 5.74) is 9.59. The Hall–Kier alpha value is -1.20. The van der Waals surface area contributed by atoms with Gasteiger partial charge < -0.3 is 5.73 Å². The molecule has 0 amide bonds. The second kappa shape index (κ2) is 4.98. The molecule has 0 aliphatic heterocycles. The van der Waals surface area contributed by atoms with Crippen LogP contribution >= 0.6 is 15.9 Å². The summed E-state index contributed by atoms with van der Waals surface area (Å²) >= 11 is 3.37. The number of aryl methyl sites for hydroxylation is 2. The molecule has 1 unspecified atom stereocenters. The second-order valence-corrected chi connectivity index (χ2v) is 4.94. The maximum absolute atomic E-state index is 6.19. The first-order valence-corrected chi connectivity index (χ1v) is 6.23. The second-order valence-electron chi connectivity index (χ2n) is 4.19. The lowest BCUT2D eigenvalue weighted by atomic mass is 10.0. The third-order valence-electron chi connectivity index (χ3n) is 2.72. The molecule has 0 fully saturated rings. The molecule has 0 aliphatic carbocycles. The van der Waals surface area contributed by atoms with Gasteiger partial charge in [0.1, 0.15) is 0 Å². The Morgan fingerprint density at radius 1 is 1.47 bits per heavy atom. The molecular formula is C12H15BrN4. The highest BCUT2D eigenvalue weighted by Gasteiger charge is 2.16. The van der Waals surface area contributed by atoms with Crippen molar-refractivity contribution in [2.75, 3.05) is 0 Å². The van der Waals surface area contributed by atoms with Gasteiger partial charge in [0.25, 0.3) is 0 Å². The van der Waals surface area contributed by atoms with Crippen LogP contribution in [0.5, 0.6) is 0 Å². The first-order chi connectivity index (χ1) is 8.08. The van der Waals surface area contributed by atoms with E-state index in [1.54, 1.807) is 4.68 Å². The highest BCUT2D eigenvalue weighted by Crippen LogP contribution is 2.22. The van der Waals surface area contributed by atoms with Crippen LogP contribution in [0.25, 0.3) is 0 Å². The van der Waals surface area contributed by atoms with Crippen LogP contribution in [-0.4, -0.2) is 15.0 Å². The topological polar surface area (TPSA) is 56.7 Å². The molecule has 1 aromatic heterocycles. The Kier molecular flexibility index (Phi) is 3.59. The average molecular weight is 295 g/mol. The van der Waals surface area contributed by atoms with Crippen molar-refractivity contribution < 1.29 is 0 Å². The van der Waals surface area contributed by atoms with Gasteiger partial charge in [-0.05, 0) is 34.8 Å². The fourth-order valence-corrected chi connectivity index (χ4v) is 2.54. The third kappa shape index (κ3) is 2.73. The summed E-state index contributed by atoms with van der Waals surface area (Å²) in [7, 11) is 1.85. The molecule has 90 valence electrons. The van der Waals surface area contributed by atoms with Crippen LogP contribution in [0, 0.1) is 6.92 Å². The number of nitrogens with zero attached hydrogens (tertiary/aromatic N) is 3. The molecule has 0 saturated heterocycles. The summed E-state index contributed by atoms with van der Waals surface area (Å²) < 4.78 is 2.44. The molecule has 0 radical (unpaired) electrons. The highest BCUT2D eigenvalue weighted by atomic mass is 79.9. The van der Waals surface area contributed by atoms with E-state index < -0.39 is 0 Å². The first kappa shape index (κ1) is 12.3. The Balaban J connectivity index is 2.20. The number of hydrogen-bond acceptors (Lipinski definition) is 3. The lowest BCUT2D eigenvalue weighted by molar-refractivity contribution is 0.606. The quantitative estimate of drug-likeness (QED) is 0.943. The molecule has 0 spiro atoms. The molecule has 0 bridgehead atoms. The van der Waals surface area contributed by atoms with E-state index in [4.69, 9.17) is 5.73 Å². The van der Waals surface area contributed by atoms with Gasteiger partial charge in [0.05, 0.1) is 11.7 Å². The van der Waals surface area contributed by atoms with Crippen molar-refractivity contribution in [2.45, 2.75) is 19.4 Å². The van der Waals surface area contributed by atoms with E-state index >= 15 is 0 Å². The summed E-state index contributed by atoms with van der Waals surface area (Å²) in [5.74, 6) is 0. The Bertz CT molecular complexity index is 501. The zero-order valence-electron chi connectivity index (χ0n) is 9.89. The fourth-order valence-electron chi connectivity index (χ4n) is 1.92. The van der Waals surface area contributed by atoms with Crippen molar-refractivity contribution in [3.8, 4) is 0 Å². The summed E-state index contributed by atoms with van der Waals surface area (Å²) in [6.45, 7) is 2.08. The number of nitrogens with two attached hydrogens (primary N) is 1. The molecule has 2 aromatic rings. The van der Waals surface area contributed by atoms with Gasteiger partial charge in [0, 0.05) is 7.05 Å². The number of rotatable bonds is 3. The predicted molar refractivity (Wildman–Crippen MR) is 70.5 cm³/mol. The van der Waals surface area contributed by atoms with Crippen molar-refractivity contribution in [2.24, 2.45) is 12.8 Å². The summed E-state index contributed by atoms with van der Waals surface area (Å²) in [6, 6.07) is 8.26.